The highest BCUT2D eigenvalue weighted by atomic mass is 32.1. The van der Waals surface area contributed by atoms with Gasteiger partial charge in [0.15, 0.2) is 11.6 Å². The molecule has 0 atom stereocenters. The molecule has 52 heavy (non-hydrogen) atoms. The fourth-order valence-corrected chi connectivity index (χ4v) is 10.8. The number of fused-ring (bicyclic) bond motifs is 5. The summed E-state index contributed by atoms with van der Waals surface area (Å²) in [6, 6.07) is 28.3. The van der Waals surface area contributed by atoms with E-state index in [1.54, 1.807) is 45.3 Å². The Hall–Kier alpha value is -5.61. The van der Waals surface area contributed by atoms with Gasteiger partial charge in [0.2, 0.25) is 0 Å². The summed E-state index contributed by atoms with van der Waals surface area (Å²) in [7, 11) is 1.42. The average molecular weight is 753 g/mol. The van der Waals surface area contributed by atoms with E-state index >= 15 is 0 Å². The van der Waals surface area contributed by atoms with Crippen molar-refractivity contribution in [1.82, 2.24) is 0 Å². The van der Waals surface area contributed by atoms with E-state index in [1.165, 1.54) is 28.5 Å². The predicted octanol–water partition coefficient (Wildman–Crippen LogP) is 11.2. The van der Waals surface area contributed by atoms with Crippen LogP contribution in [0.25, 0.3) is 63.3 Å². The second kappa shape index (κ2) is 13.5. The van der Waals surface area contributed by atoms with Gasteiger partial charge in [0.05, 0.1) is 12.7 Å². The molecule has 0 saturated carbocycles. The van der Waals surface area contributed by atoms with Gasteiger partial charge in [0, 0.05) is 69.2 Å². The molecule has 0 fully saturated rings. The van der Waals surface area contributed by atoms with Crippen LogP contribution in [-0.2, 0) is 14.3 Å². The highest BCUT2D eigenvalue weighted by Crippen LogP contribution is 2.49. The number of ketones is 2. The summed E-state index contributed by atoms with van der Waals surface area (Å²) in [6.45, 7) is 2.14. The Bertz CT molecular complexity index is 2690. The lowest BCUT2D eigenvalue weighted by atomic mass is 9.80. The van der Waals surface area contributed by atoms with E-state index in [0.717, 1.165) is 58.6 Å². The second-order valence-corrected chi connectivity index (χ2v) is 15.6. The average Bonchev–Trinajstić information content (AvgIpc) is 4.01. The summed E-state index contributed by atoms with van der Waals surface area (Å²) in [5.41, 5.74) is 9.34. The van der Waals surface area contributed by atoms with Crippen molar-refractivity contribution in [2.45, 2.75) is 6.92 Å². The molecule has 0 amide bonds. The van der Waals surface area contributed by atoms with Crippen molar-refractivity contribution < 1.29 is 28.7 Å². The molecule has 10 heteroatoms. The number of carbonyl (C=O) groups excluding carboxylic acids is 5. The Morgan fingerprint density at radius 1 is 0.519 bits per heavy atom. The van der Waals surface area contributed by atoms with Crippen molar-refractivity contribution in [2.75, 3.05) is 7.11 Å². The van der Waals surface area contributed by atoms with Crippen LogP contribution < -0.4 is 0 Å². The Morgan fingerprint density at radius 3 is 1.46 bits per heavy atom. The number of hydrogen-bond donors (Lipinski definition) is 0. The smallest absolute Gasteiger partial charge is 0.373 e. The lowest BCUT2D eigenvalue weighted by Crippen LogP contribution is -2.13. The van der Waals surface area contributed by atoms with Gasteiger partial charge in [-0.05, 0) is 86.7 Å². The van der Waals surface area contributed by atoms with Gasteiger partial charge < -0.3 is 4.74 Å². The third kappa shape index (κ3) is 5.23. The molecule has 0 spiro atoms. The van der Waals surface area contributed by atoms with E-state index in [9.17, 15) is 14.4 Å². The summed E-state index contributed by atoms with van der Waals surface area (Å²) >= 11 is 6.51. The fraction of sp³-hybridized carbons (Fsp3) is 0.0476. The molecule has 0 bridgehead atoms. The Balaban J connectivity index is 0.000000139. The van der Waals surface area contributed by atoms with E-state index in [1.807, 2.05) is 58.6 Å². The number of aryl methyl sites for hydroxylation is 1. The third-order valence-corrected chi connectivity index (χ3v) is 13.2. The molecule has 0 saturated heterocycles. The molecule has 4 heterocycles. The molecule has 0 N–H and O–H groups in total. The first kappa shape index (κ1) is 33.5. The van der Waals surface area contributed by atoms with Crippen LogP contribution in [0.5, 0.6) is 0 Å². The van der Waals surface area contributed by atoms with Gasteiger partial charge in [-0.2, -0.15) is 9.59 Å². The summed E-state index contributed by atoms with van der Waals surface area (Å²) in [6.07, 6.45) is 0.250. The minimum absolute atomic E-state index is 0.0619. The maximum atomic E-state index is 12.9. The maximum absolute atomic E-state index is 12.9. The first-order chi connectivity index (χ1) is 25.4. The first-order valence-corrected chi connectivity index (χ1v) is 19.5. The number of carbonyl (C=O) groups is 3. The molecule has 8 aromatic rings. The fourth-order valence-electron chi connectivity index (χ4n) is 7.08. The van der Waals surface area contributed by atoms with Gasteiger partial charge in [0.1, 0.15) is 0 Å². The molecule has 252 valence electrons. The van der Waals surface area contributed by atoms with Crippen molar-refractivity contribution in [1.29, 1.82) is 0 Å². The molecular formula is C42H24O6S4. The van der Waals surface area contributed by atoms with E-state index < -0.39 is 0 Å². The standard InChI is InChI=1S/C21H16O2S2.C20H8O2S2.CO2/c1-13-9-11-24-19(13)16-7-3-6-15-14(16)5-4-8-17(15)20-18(10-12-25-20)21(22)23-2;21-17-9-1-3-11-16-10(18(22)14-6-8-23-19(11)14)2-4-12(15(9)16)20-13(17)5-7-24-20;2-1-3/h3-12H,1-2H3;1-8H;. The Kier molecular flexibility index (Phi) is 8.71. The van der Waals surface area contributed by atoms with Gasteiger partial charge in [-0.15, -0.1) is 45.3 Å². The SMILES string of the molecule is COC(=O)c1ccsc1-c1cccc2c(-c3sccc3C)cccc12.O=C1c2ccsc2-c2ccc3c4c(ccc1c24)-c1sccc1C3=O.O=C=O. The van der Waals surface area contributed by atoms with Gasteiger partial charge in [-0.25, -0.2) is 4.79 Å². The highest BCUT2D eigenvalue weighted by molar-refractivity contribution is 7.15. The number of benzene rings is 4. The number of methoxy groups -OCH3 is 1. The quantitative estimate of drug-likeness (QED) is 0.167. The van der Waals surface area contributed by atoms with Crippen LogP contribution >= 0.6 is 45.3 Å². The van der Waals surface area contributed by atoms with Crippen LogP contribution in [0.3, 0.4) is 0 Å². The number of ether oxygens (including phenoxy) is 1. The molecule has 6 nitrogen and oxygen atoms in total. The summed E-state index contributed by atoms with van der Waals surface area (Å²) < 4.78 is 4.94. The normalized spacial score (nSPS) is 11.9. The van der Waals surface area contributed by atoms with E-state index in [0.29, 0.717) is 16.7 Å². The van der Waals surface area contributed by atoms with E-state index in [4.69, 9.17) is 14.3 Å². The second-order valence-electron chi connectivity index (χ2n) is 11.9. The lowest BCUT2D eigenvalue weighted by Gasteiger charge is -2.23. The largest absolute Gasteiger partial charge is 0.465 e. The molecule has 2 aliphatic carbocycles. The minimum Gasteiger partial charge on any atom is -0.465 e. The molecule has 10 rings (SSSR count). The van der Waals surface area contributed by atoms with Crippen LogP contribution in [-0.4, -0.2) is 30.8 Å². The van der Waals surface area contributed by atoms with Crippen LogP contribution in [0, 0.1) is 6.92 Å². The molecule has 4 aromatic heterocycles. The van der Waals surface area contributed by atoms with Crippen LogP contribution in [0.4, 0.5) is 0 Å². The van der Waals surface area contributed by atoms with Crippen molar-refractivity contribution in [2.24, 2.45) is 0 Å². The maximum Gasteiger partial charge on any atom is 0.373 e. The predicted molar refractivity (Wildman–Crippen MR) is 209 cm³/mol. The minimum atomic E-state index is -0.293. The molecule has 0 unspecified atom stereocenters. The van der Waals surface area contributed by atoms with E-state index in [-0.39, 0.29) is 23.7 Å². The molecule has 0 radical (unpaired) electrons. The molecule has 4 aromatic carbocycles. The van der Waals surface area contributed by atoms with Crippen molar-refractivity contribution in [3.8, 4) is 41.8 Å². The zero-order chi connectivity index (χ0) is 36.1. The van der Waals surface area contributed by atoms with Gasteiger partial charge in [0.25, 0.3) is 0 Å². The van der Waals surface area contributed by atoms with Crippen LogP contribution in [0.15, 0.2) is 106 Å². The molecular weight excluding hydrogens is 729 g/mol. The lowest BCUT2D eigenvalue weighted by molar-refractivity contribution is -0.191. The first-order valence-electron chi connectivity index (χ1n) is 15.9. The monoisotopic (exact) mass is 752 g/mol. The van der Waals surface area contributed by atoms with Crippen molar-refractivity contribution in [3.63, 3.8) is 0 Å². The summed E-state index contributed by atoms with van der Waals surface area (Å²) in [5.74, 6) is -0.169. The van der Waals surface area contributed by atoms with Crippen molar-refractivity contribution >= 4 is 90.6 Å². The van der Waals surface area contributed by atoms with E-state index in [2.05, 4.69) is 54.8 Å². The Morgan fingerprint density at radius 2 is 0.962 bits per heavy atom. The summed E-state index contributed by atoms with van der Waals surface area (Å²) in [5, 5.41) is 12.2. The van der Waals surface area contributed by atoms with Gasteiger partial charge >= 0.3 is 12.1 Å². The van der Waals surface area contributed by atoms with Gasteiger partial charge in [-0.3, -0.25) is 9.59 Å². The molecule has 2 aliphatic rings. The topological polar surface area (TPSA) is 94.6 Å². The number of esters is 1. The van der Waals surface area contributed by atoms with Gasteiger partial charge in [-0.1, -0.05) is 48.5 Å². The Labute approximate surface area is 313 Å². The number of hydrogen-bond acceptors (Lipinski definition) is 10. The highest BCUT2D eigenvalue weighted by Gasteiger charge is 2.33. The number of thiophene rings is 4. The zero-order valence-corrected chi connectivity index (χ0v) is 30.7. The molecule has 0 aliphatic heterocycles. The number of rotatable bonds is 3. The summed E-state index contributed by atoms with van der Waals surface area (Å²) in [4.78, 5) is 58.4. The van der Waals surface area contributed by atoms with Crippen LogP contribution in [0.1, 0.15) is 47.8 Å². The van der Waals surface area contributed by atoms with Crippen molar-refractivity contribution in [3.05, 3.63) is 140 Å². The van der Waals surface area contributed by atoms with Crippen LogP contribution in [0.2, 0.25) is 0 Å². The third-order valence-electron chi connectivity index (χ3n) is 9.30. The zero-order valence-electron chi connectivity index (χ0n) is 27.5.